The average molecular weight is 282 g/mol. The summed E-state index contributed by atoms with van der Waals surface area (Å²) in [5.74, 6) is 0.00745. The van der Waals surface area contributed by atoms with Crippen LogP contribution in [0.2, 0.25) is 0 Å². The van der Waals surface area contributed by atoms with E-state index in [1.54, 1.807) is 0 Å². The van der Waals surface area contributed by atoms with E-state index >= 15 is 0 Å². The van der Waals surface area contributed by atoms with Crippen molar-refractivity contribution in [3.63, 3.8) is 0 Å². The number of thioether (sulfide) groups is 1. The molecular weight excluding hydrogens is 268 g/mol. The molecule has 0 spiro atoms. The molecule has 20 heavy (non-hydrogen) atoms. The maximum absolute atomic E-state index is 12.7. The normalized spacial score (nSPS) is 10.9. The zero-order valence-electron chi connectivity index (χ0n) is 11.3. The van der Waals surface area contributed by atoms with Crippen molar-refractivity contribution in [1.82, 2.24) is 9.38 Å². The van der Waals surface area contributed by atoms with Gasteiger partial charge in [0, 0.05) is 11.8 Å². The number of aryl methyl sites for hydroxylation is 1. The molecule has 3 nitrogen and oxygen atoms in total. The maximum atomic E-state index is 12.7. The van der Waals surface area contributed by atoms with Gasteiger partial charge in [-0.3, -0.25) is 9.20 Å². The molecule has 1 aromatic carbocycles. The number of carbonyl (C=O) groups is 1. The third-order valence-electron chi connectivity index (χ3n) is 3.26. The molecule has 0 N–H and O–H groups in total. The predicted octanol–water partition coefficient (Wildman–Crippen LogP) is 3.60. The number of rotatable bonds is 3. The fourth-order valence-electron chi connectivity index (χ4n) is 2.26. The first-order valence-electron chi connectivity index (χ1n) is 6.34. The number of hydrogen-bond donors (Lipinski definition) is 0. The lowest BCUT2D eigenvalue weighted by Gasteiger charge is -2.03. The Morgan fingerprint density at radius 2 is 1.90 bits per heavy atom. The van der Waals surface area contributed by atoms with E-state index in [4.69, 9.17) is 0 Å². The highest BCUT2D eigenvalue weighted by molar-refractivity contribution is 7.98. The first kappa shape index (κ1) is 12.9. The quantitative estimate of drug-likeness (QED) is 0.544. The van der Waals surface area contributed by atoms with Gasteiger partial charge in [-0.2, -0.15) is 0 Å². The molecule has 0 aliphatic rings. The van der Waals surface area contributed by atoms with Crippen LogP contribution in [0.4, 0.5) is 0 Å². The molecule has 0 radical (unpaired) electrons. The van der Waals surface area contributed by atoms with Crippen molar-refractivity contribution in [2.45, 2.75) is 11.9 Å². The molecule has 0 atom stereocenters. The van der Waals surface area contributed by atoms with Gasteiger partial charge in [0.1, 0.15) is 16.4 Å². The third kappa shape index (κ3) is 2.02. The van der Waals surface area contributed by atoms with E-state index in [1.807, 2.05) is 66.2 Å². The molecule has 0 amide bonds. The van der Waals surface area contributed by atoms with E-state index in [1.165, 1.54) is 11.8 Å². The van der Waals surface area contributed by atoms with Crippen LogP contribution >= 0.6 is 11.8 Å². The summed E-state index contributed by atoms with van der Waals surface area (Å²) in [5.41, 5.74) is 3.24. The van der Waals surface area contributed by atoms with Crippen LogP contribution in [0.25, 0.3) is 5.65 Å². The number of nitrogens with zero attached hydrogens (tertiary/aromatic N) is 2. The maximum Gasteiger partial charge on any atom is 0.212 e. The molecule has 0 saturated heterocycles. The summed E-state index contributed by atoms with van der Waals surface area (Å²) in [6.07, 6.45) is 3.84. The molecule has 3 aromatic rings. The van der Waals surface area contributed by atoms with E-state index in [-0.39, 0.29) is 5.78 Å². The standard InChI is InChI=1S/C16H14N2OS/c1-11-7-6-10-18-13(16(20-2)17-15(11)18)14(19)12-8-4-3-5-9-12/h3-10H,1-2H3. The van der Waals surface area contributed by atoms with Crippen LogP contribution < -0.4 is 0 Å². The summed E-state index contributed by atoms with van der Waals surface area (Å²) in [6.45, 7) is 2.00. The first-order valence-corrected chi connectivity index (χ1v) is 7.56. The number of fused-ring (bicyclic) bond motifs is 1. The molecule has 4 heteroatoms. The van der Waals surface area contributed by atoms with Crippen LogP contribution in [0, 0.1) is 6.92 Å². The molecule has 0 unspecified atom stereocenters. The molecule has 0 bridgehead atoms. The van der Waals surface area contributed by atoms with Gasteiger partial charge in [0.25, 0.3) is 0 Å². The Morgan fingerprint density at radius 1 is 1.15 bits per heavy atom. The minimum absolute atomic E-state index is 0.00745. The summed E-state index contributed by atoms with van der Waals surface area (Å²) in [5, 5.41) is 0.771. The highest BCUT2D eigenvalue weighted by Crippen LogP contribution is 2.25. The van der Waals surface area contributed by atoms with Gasteiger partial charge in [0.2, 0.25) is 5.78 Å². The lowest BCUT2D eigenvalue weighted by atomic mass is 10.1. The Morgan fingerprint density at radius 3 is 2.60 bits per heavy atom. The van der Waals surface area contributed by atoms with Crippen molar-refractivity contribution in [1.29, 1.82) is 0 Å². The Hall–Kier alpha value is -2.07. The van der Waals surface area contributed by atoms with E-state index < -0.39 is 0 Å². The smallest absolute Gasteiger partial charge is 0.212 e. The predicted molar refractivity (Wildman–Crippen MR) is 81.6 cm³/mol. The first-order chi connectivity index (χ1) is 9.72. The second-order valence-corrected chi connectivity index (χ2v) is 5.34. The monoisotopic (exact) mass is 282 g/mol. The number of aromatic nitrogens is 2. The minimum atomic E-state index is 0.00745. The second kappa shape index (κ2) is 5.13. The summed E-state index contributed by atoms with van der Waals surface area (Å²) in [7, 11) is 0. The van der Waals surface area contributed by atoms with Gasteiger partial charge in [-0.05, 0) is 24.8 Å². The van der Waals surface area contributed by atoms with Gasteiger partial charge in [0.15, 0.2) is 0 Å². The Balaban J connectivity index is 2.25. The van der Waals surface area contributed by atoms with Crippen LogP contribution in [0.1, 0.15) is 21.6 Å². The number of carbonyl (C=O) groups excluding carboxylic acids is 1. The number of ketones is 1. The Kier molecular flexibility index (Phi) is 3.32. The fourth-order valence-corrected chi connectivity index (χ4v) is 2.82. The zero-order valence-corrected chi connectivity index (χ0v) is 12.1. The van der Waals surface area contributed by atoms with Crippen molar-refractivity contribution < 1.29 is 4.79 Å². The van der Waals surface area contributed by atoms with Crippen molar-refractivity contribution in [3.8, 4) is 0 Å². The van der Waals surface area contributed by atoms with Gasteiger partial charge >= 0.3 is 0 Å². The zero-order chi connectivity index (χ0) is 14.1. The highest BCUT2D eigenvalue weighted by atomic mass is 32.2. The SMILES string of the molecule is CSc1nc2c(C)cccn2c1C(=O)c1ccccc1. The number of pyridine rings is 1. The van der Waals surface area contributed by atoms with Crippen LogP contribution in [-0.4, -0.2) is 21.4 Å². The topological polar surface area (TPSA) is 34.4 Å². The van der Waals surface area contributed by atoms with Crippen molar-refractivity contribution >= 4 is 23.2 Å². The van der Waals surface area contributed by atoms with Crippen molar-refractivity contribution in [2.24, 2.45) is 0 Å². The largest absolute Gasteiger partial charge is 0.296 e. The molecule has 100 valence electrons. The molecule has 2 aromatic heterocycles. The van der Waals surface area contributed by atoms with E-state index in [9.17, 15) is 4.79 Å². The third-order valence-corrected chi connectivity index (χ3v) is 3.93. The van der Waals surface area contributed by atoms with Crippen LogP contribution in [-0.2, 0) is 0 Å². The molecule has 3 rings (SSSR count). The summed E-state index contributed by atoms with van der Waals surface area (Å²) >= 11 is 1.50. The highest BCUT2D eigenvalue weighted by Gasteiger charge is 2.20. The molecular formula is C16H14N2OS. The van der Waals surface area contributed by atoms with Crippen LogP contribution in [0.5, 0.6) is 0 Å². The molecule has 0 fully saturated rings. The van der Waals surface area contributed by atoms with Gasteiger partial charge in [-0.1, -0.05) is 36.4 Å². The lowest BCUT2D eigenvalue weighted by molar-refractivity contribution is 0.103. The lowest BCUT2D eigenvalue weighted by Crippen LogP contribution is -2.06. The van der Waals surface area contributed by atoms with E-state index in [2.05, 4.69) is 4.98 Å². The summed E-state index contributed by atoms with van der Waals surface area (Å²) < 4.78 is 1.89. The van der Waals surface area contributed by atoms with E-state index in [0.717, 1.165) is 16.2 Å². The van der Waals surface area contributed by atoms with Gasteiger partial charge in [-0.25, -0.2) is 4.98 Å². The number of imidazole rings is 1. The minimum Gasteiger partial charge on any atom is -0.296 e. The van der Waals surface area contributed by atoms with Crippen molar-refractivity contribution in [3.05, 3.63) is 65.5 Å². The number of hydrogen-bond acceptors (Lipinski definition) is 3. The van der Waals surface area contributed by atoms with Gasteiger partial charge in [0.05, 0.1) is 0 Å². The van der Waals surface area contributed by atoms with Crippen LogP contribution in [0.3, 0.4) is 0 Å². The molecule has 2 heterocycles. The Bertz CT molecular complexity index is 778. The average Bonchev–Trinajstić information content (AvgIpc) is 2.87. The van der Waals surface area contributed by atoms with Crippen LogP contribution in [0.15, 0.2) is 53.7 Å². The summed E-state index contributed by atoms with van der Waals surface area (Å²) in [6, 6.07) is 13.3. The second-order valence-electron chi connectivity index (χ2n) is 4.55. The Labute approximate surface area is 121 Å². The molecule has 0 saturated carbocycles. The fraction of sp³-hybridized carbons (Fsp3) is 0.125. The van der Waals surface area contributed by atoms with Gasteiger partial charge in [-0.15, -0.1) is 11.8 Å². The number of benzene rings is 1. The summed E-state index contributed by atoms with van der Waals surface area (Å²) in [4.78, 5) is 17.3. The van der Waals surface area contributed by atoms with Crippen molar-refractivity contribution in [2.75, 3.05) is 6.26 Å². The van der Waals surface area contributed by atoms with Gasteiger partial charge < -0.3 is 0 Å². The van der Waals surface area contributed by atoms with E-state index in [0.29, 0.717) is 11.3 Å². The molecule has 0 aliphatic heterocycles. The molecule has 0 aliphatic carbocycles.